The van der Waals surface area contributed by atoms with Crippen LogP contribution in [0.25, 0.3) is 0 Å². The topological polar surface area (TPSA) is 46.2 Å². The van der Waals surface area contributed by atoms with E-state index in [4.69, 9.17) is 18.0 Å². The number of hydrogen-bond acceptors (Lipinski definition) is 5. The first-order valence-corrected chi connectivity index (χ1v) is 7.12. The zero-order chi connectivity index (χ0) is 13.1. The van der Waals surface area contributed by atoms with E-state index in [-0.39, 0.29) is 13.2 Å². The second kappa shape index (κ2) is 9.86. The first-order valence-electron chi connectivity index (χ1n) is 5.19. The van der Waals surface area contributed by atoms with Crippen LogP contribution in [0.3, 0.4) is 0 Å². The van der Waals surface area contributed by atoms with Crippen molar-refractivity contribution in [1.82, 2.24) is 0 Å². The van der Waals surface area contributed by atoms with Crippen molar-refractivity contribution in [2.45, 2.75) is 12.4 Å². The van der Waals surface area contributed by atoms with Gasteiger partial charge in [-0.05, 0) is 0 Å². The highest BCUT2D eigenvalue weighted by Crippen LogP contribution is 2.12. The first-order chi connectivity index (χ1) is 8.14. The molecule has 0 aliphatic rings. The van der Waals surface area contributed by atoms with Gasteiger partial charge >= 0.3 is 8.80 Å². The molecule has 0 aromatic carbocycles. The number of ether oxygens (including phenoxy) is 2. The molecule has 0 aromatic heterocycles. The van der Waals surface area contributed by atoms with Crippen LogP contribution in [0, 0.1) is 0 Å². The maximum absolute atomic E-state index is 12.3. The first kappa shape index (κ1) is 16.9. The Kier molecular flexibility index (Phi) is 9.79. The minimum absolute atomic E-state index is 0.00654. The molecule has 0 bridgehead atoms. The third-order valence-corrected chi connectivity index (χ3v) is 4.82. The van der Waals surface area contributed by atoms with Crippen LogP contribution in [0.15, 0.2) is 0 Å². The van der Waals surface area contributed by atoms with E-state index in [1.165, 1.54) is 21.3 Å². The molecule has 0 aromatic rings. The summed E-state index contributed by atoms with van der Waals surface area (Å²) in [7, 11) is 1.93. The molecule has 0 N–H and O–H groups in total. The van der Waals surface area contributed by atoms with Crippen LogP contribution in [0.4, 0.5) is 8.78 Å². The number of rotatable bonds is 11. The van der Waals surface area contributed by atoms with Crippen LogP contribution in [0.1, 0.15) is 0 Å². The van der Waals surface area contributed by atoms with Crippen molar-refractivity contribution in [3.8, 4) is 0 Å². The van der Waals surface area contributed by atoms with E-state index in [1.54, 1.807) is 0 Å². The summed E-state index contributed by atoms with van der Waals surface area (Å²) in [5.41, 5.74) is 0. The predicted octanol–water partition coefficient (Wildman–Crippen LogP) is 1.16. The van der Waals surface area contributed by atoms with Gasteiger partial charge in [-0.1, -0.05) is 0 Å². The van der Waals surface area contributed by atoms with Crippen LogP contribution in [0.5, 0.6) is 0 Å². The summed E-state index contributed by atoms with van der Waals surface area (Å²) in [6.07, 6.45) is -1.87. The van der Waals surface area contributed by atoms with Gasteiger partial charge in [0.2, 0.25) is 6.36 Å². The number of hydrogen-bond donors (Lipinski definition) is 0. The lowest BCUT2D eigenvalue weighted by Crippen LogP contribution is -2.43. The van der Waals surface area contributed by atoms with E-state index in [9.17, 15) is 8.78 Å². The predicted molar refractivity (Wildman–Crippen MR) is 59.2 cm³/mol. The van der Waals surface area contributed by atoms with Gasteiger partial charge in [0.1, 0.15) is 6.67 Å². The van der Waals surface area contributed by atoms with E-state index in [2.05, 4.69) is 4.74 Å². The minimum atomic E-state index is -2.61. The number of halogens is 2. The standard InChI is InChI=1S/C9H20F2O5Si/c1-12-17(13-2,14-3)7-6-15-4-5-16-9(11)8-10/h9H,4-8H2,1-3H3. The molecule has 0 aliphatic carbocycles. The van der Waals surface area contributed by atoms with Crippen LogP contribution >= 0.6 is 0 Å². The molecule has 0 saturated carbocycles. The Hall–Kier alpha value is -0.123. The molecule has 5 nitrogen and oxygen atoms in total. The molecule has 1 unspecified atom stereocenters. The van der Waals surface area contributed by atoms with Gasteiger partial charge in [-0.2, -0.15) is 0 Å². The SMILES string of the molecule is CO[Si](CCOCCOC(F)CF)(OC)OC. The average Bonchev–Trinajstić information content (AvgIpc) is 2.38. The summed E-state index contributed by atoms with van der Waals surface area (Å²) in [6, 6.07) is 0.485. The molecular weight excluding hydrogens is 254 g/mol. The fourth-order valence-electron chi connectivity index (χ4n) is 1.13. The van der Waals surface area contributed by atoms with Gasteiger partial charge in [-0.25, -0.2) is 8.78 Å². The Morgan fingerprint density at radius 3 is 2.06 bits per heavy atom. The summed E-state index contributed by atoms with van der Waals surface area (Å²) in [6.45, 7) is -0.612. The van der Waals surface area contributed by atoms with Crippen molar-refractivity contribution in [3.63, 3.8) is 0 Å². The monoisotopic (exact) mass is 274 g/mol. The van der Waals surface area contributed by atoms with Gasteiger partial charge in [0.15, 0.2) is 0 Å². The summed E-state index contributed by atoms with van der Waals surface area (Å²) >= 11 is 0. The molecule has 0 spiro atoms. The normalized spacial score (nSPS) is 13.9. The van der Waals surface area contributed by atoms with E-state index in [0.29, 0.717) is 12.7 Å². The molecule has 0 rings (SSSR count). The van der Waals surface area contributed by atoms with Crippen molar-refractivity contribution < 1.29 is 31.5 Å². The molecule has 0 radical (unpaired) electrons. The average molecular weight is 274 g/mol. The lowest BCUT2D eigenvalue weighted by atomic mass is 10.7. The Labute approximate surface area is 101 Å². The molecular formula is C9H20F2O5Si. The fraction of sp³-hybridized carbons (Fsp3) is 1.00. The van der Waals surface area contributed by atoms with E-state index < -0.39 is 21.8 Å². The third-order valence-electron chi connectivity index (χ3n) is 2.13. The molecule has 1 atom stereocenters. The highest BCUT2D eigenvalue weighted by molar-refractivity contribution is 6.60. The minimum Gasteiger partial charge on any atom is -0.379 e. The summed E-state index contributed by atoms with van der Waals surface area (Å²) in [5, 5.41) is 0. The maximum atomic E-state index is 12.3. The van der Waals surface area contributed by atoms with Crippen molar-refractivity contribution in [1.29, 1.82) is 0 Å². The molecule has 17 heavy (non-hydrogen) atoms. The van der Waals surface area contributed by atoms with Gasteiger partial charge in [0, 0.05) is 27.4 Å². The molecule has 8 heteroatoms. The Balaban J connectivity index is 3.56. The van der Waals surface area contributed by atoms with Gasteiger partial charge < -0.3 is 22.8 Å². The third kappa shape index (κ3) is 7.01. The molecule has 0 saturated heterocycles. The molecule has 0 fully saturated rings. The zero-order valence-electron chi connectivity index (χ0n) is 10.4. The second-order valence-corrected chi connectivity index (χ2v) is 6.18. The number of alkyl halides is 2. The highest BCUT2D eigenvalue weighted by Gasteiger charge is 2.37. The second-order valence-electron chi connectivity index (χ2n) is 3.09. The summed E-state index contributed by atoms with van der Waals surface area (Å²) in [4.78, 5) is 0. The van der Waals surface area contributed by atoms with Crippen molar-refractivity contribution >= 4 is 8.80 Å². The van der Waals surface area contributed by atoms with Gasteiger partial charge in [0.25, 0.3) is 0 Å². The smallest absolute Gasteiger partial charge is 0.379 e. The van der Waals surface area contributed by atoms with Crippen LogP contribution in [-0.2, 0) is 22.8 Å². The molecule has 0 heterocycles. The van der Waals surface area contributed by atoms with Gasteiger partial charge in [-0.15, -0.1) is 0 Å². The van der Waals surface area contributed by atoms with Crippen LogP contribution in [0.2, 0.25) is 6.04 Å². The lowest BCUT2D eigenvalue weighted by Gasteiger charge is -2.24. The summed E-state index contributed by atoms with van der Waals surface area (Å²) in [5.74, 6) is 0. The molecule has 0 aliphatic heterocycles. The Morgan fingerprint density at radius 1 is 1.00 bits per heavy atom. The zero-order valence-corrected chi connectivity index (χ0v) is 11.4. The Morgan fingerprint density at radius 2 is 1.59 bits per heavy atom. The van der Waals surface area contributed by atoms with Crippen molar-refractivity contribution in [3.05, 3.63) is 0 Å². The van der Waals surface area contributed by atoms with E-state index >= 15 is 0 Å². The van der Waals surface area contributed by atoms with Gasteiger partial charge in [-0.3, -0.25) is 0 Å². The summed E-state index contributed by atoms with van der Waals surface area (Å²) < 4.78 is 49.1. The largest absolute Gasteiger partial charge is 0.502 e. The van der Waals surface area contributed by atoms with Crippen molar-refractivity contribution in [2.24, 2.45) is 0 Å². The van der Waals surface area contributed by atoms with E-state index in [0.717, 1.165) is 0 Å². The van der Waals surface area contributed by atoms with Gasteiger partial charge in [0.05, 0.1) is 19.8 Å². The maximum Gasteiger partial charge on any atom is 0.502 e. The molecule has 104 valence electrons. The van der Waals surface area contributed by atoms with Crippen molar-refractivity contribution in [2.75, 3.05) is 47.8 Å². The highest BCUT2D eigenvalue weighted by atomic mass is 28.4. The lowest BCUT2D eigenvalue weighted by molar-refractivity contribution is -0.0707. The van der Waals surface area contributed by atoms with E-state index in [1.807, 2.05) is 0 Å². The van der Waals surface area contributed by atoms with Crippen LogP contribution < -0.4 is 0 Å². The Bertz CT molecular complexity index is 175. The quantitative estimate of drug-likeness (QED) is 0.418. The fourth-order valence-corrected chi connectivity index (χ4v) is 2.64. The molecule has 0 amide bonds. The van der Waals surface area contributed by atoms with Crippen LogP contribution in [-0.4, -0.2) is 63.0 Å².